The van der Waals surface area contributed by atoms with Gasteiger partial charge < -0.3 is 10.1 Å². The summed E-state index contributed by atoms with van der Waals surface area (Å²) in [6.45, 7) is 3.84. The second kappa shape index (κ2) is 8.05. The molecule has 3 aromatic rings. The summed E-state index contributed by atoms with van der Waals surface area (Å²) in [6.07, 6.45) is 0. The fourth-order valence-electron chi connectivity index (χ4n) is 2.60. The molecule has 0 aliphatic carbocycles. The van der Waals surface area contributed by atoms with Crippen molar-refractivity contribution in [3.05, 3.63) is 69.0 Å². The zero-order valence-corrected chi connectivity index (χ0v) is 15.8. The van der Waals surface area contributed by atoms with Crippen molar-refractivity contribution >= 4 is 28.9 Å². The highest BCUT2D eigenvalue weighted by atomic mass is 35.5. The van der Waals surface area contributed by atoms with Crippen LogP contribution in [0.3, 0.4) is 0 Å². The molecule has 0 unspecified atom stereocenters. The van der Waals surface area contributed by atoms with Crippen molar-refractivity contribution < 1.29 is 14.5 Å². The number of non-ortho nitro benzene ring substituents is 1. The number of hydrogen-bond donors (Lipinski definition) is 1. The Balaban J connectivity index is 1.90. The van der Waals surface area contributed by atoms with Crippen molar-refractivity contribution in [3.8, 4) is 11.4 Å². The fourth-order valence-corrected chi connectivity index (χ4v) is 2.83. The lowest BCUT2D eigenvalue weighted by molar-refractivity contribution is -0.384. The Bertz CT molecular complexity index is 1050. The van der Waals surface area contributed by atoms with Gasteiger partial charge in [-0.15, -0.1) is 5.10 Å². The number of hydrogen-bond acceptors (Lipinski definition) is 6. The molecule has 0 aliphatic rings. The molecule has 0 saturated carbocycles. The van der Waals surface area contributed by atoms with Crippen molar-refractivity contribution in [2.24, 2.45) is 0 Å². The molecule has 0 fully saturated rings. The summed E-state index contributed by atoms with van der Waals surface area (Å²) in [6, 6.07) is 10.9. The number of aromatic nitrogens is 3. The lowest BCUT2D eigenvalue weighted by Gasteiger charge is -2.12. The first kappa shape index (κ1) is 19.3. The summed E-state index contributed by atoms with van der Waals surface area (Å²) in [5.41, 5.74) is 1.25. The molecule has 144 valence electrons. The van der Waals surface area contributed by atoms with Gasteiger partial charge in [-0.1, -0.05) is 28.9 Å². The van der Waals surface area contributed by atoms with E-state index in [0.29, 0.717) is 34.4 Å². The standard InChI is InChI=1S/C18H16ClN5O4/c1-3-28-17-14(19)8-5-9-15(17)20-18(25)16-11(2)23(22-21-16)12-6-4-7-13(10-12)24(26)27/h4-10H,3H2,1-2H3,(H,20,25). The molecule has 1 amide bonds. The van der Waals surface area contributed by atoms with Crippen LogP contribution in [-0.4, -0.2) is 32.4 Å². The molecule has 0 radical (unpaired) electrons. The molecule has 0 spiro atoms. The predicted molar refractivity (Wildman–Crippen MR) is 103 cm³/mol. The van der Waals surface area contributed by atoms with E-state index in [1.165, 1.54) is 22.9 Å². The van der Waals surface area contributed by atoms with Gasteiger partial charge >= 0.3 is 0 Å². The van der Waals surface area contributed by atoms with Crippen LogP contribution in [0.25, 0.3) is 5.69 Å². The van der Waals surface area contributed by atoms with Crippen molar-refractivity contribution in [1.29, 1.82) is 0 Å². The Morgan fingerprint density at radius 1 is 1.32 bits per heavy atom. The van der Waals surface area contributed by atoms with Gasteiger partial charge in [0.25, 0.3) is 11.6 Å². The minimum Gasteiger partial charge on any atom is -0.490 e. The molecule has 0 atom stereocenters. The smallest absolute Gasteiger partial charge is 0.278 e. The zero-order chi connectivity index (χ0) is 20.3. The van der Waals surface area contributed by atoms with E-state index in [1.54, 1.807) is 31.2 Å². The van der Waals surface area contributed by atoms with E-state index in [0.717, 1.165) is 0 Å². The van der Waals surface area contributed by atoms with Gasteiger partial charge in [0.1, 0.15) is 0 Å². The number of nitrogens with zero attached hydrogens (tertiary/aromatic N) is 4. The Morgan fingerprint density at radius 2 is 2.07 bits per heavy atom. The van der Waals surface area contributed by atoms with Gasteiger partial charge in [-0.25, -0.2) is 4.68 Å². The minimum atomic E-state index is -0.502. The average Bonchev–Trinajstić information content (AvgIpc) is 3.06. The van der Waals surface area contributed by atoms with Crippen LogP contribution < -0.4 is 10.1 Å². The molecule has 28 heavy (non-hydrogen) atoms. The number of carbonyl (C=O) groups excluding carboxylic acids is 1. The van der Waals surface area contributed by atoms with E-state index in [1.807, 2.05) is 6.92 Å². The highest BCUT2D eigenvalue weighted by Gasteiger charge is 2.20. The van der Waals surface area contributed by atoms with Crippen LogP contribution in [0.2, 0.25) is 5.02 Å². The molecule has 3 rings (SSSR count). The number of carbonyl (C=O) groups is 1. The first-order valence-electron chi connectivity index (χ1n) is 8.32. The minimum absolute atomic E-state index is 0.0777. The Labute approximate surface area is 165 Å². The highest BCUT2D eigenvalue weighted by molar-refractivity contribution is 6.32. The quantitative estimate of drug-likeness (QED) is 0.496. The number of anilines is 1. The van der Waals surface area contributed by atoms with Gasteiger partial charge in [0, 0.05) is 12.1 Å². The molecule has 9 nitrogen and oxygen atoms in total. The summed E-state index contributed by atoms with van der Waals surface area (Å²) in [4.78, 5) is 23.2. The first-order chi connectivity index (χ1) is 13.4. The molecule has 0 bridgehead atoms. The summed E-state index contributed by atoms with van der Waals surface area (Å²) < 4.78 is 6.86. The maximum Gasteiger partial charge on any atom is 0.278 e. The van der Waals surface area contributed by atoms with Crippen molar-refractivity contribution in [3.63, 3.8) is 0 Å². The summed E-state index contributed by atoms with van der Waals surface area (Å²) in [5.74, 6) is -0.138. The summed E-state index contributed by atoms with van der Waals surface area (Å²) in [5, 5.41) is 21.9. The molecule has 1 heterocycles. The number of nitrogens with one attached hydrogen (secondary N) is 1. The van der Waals surface area contributed by atoms with Gasteiger partial charge in [-0.2, -0.15) is 0 Å². The number of nitro benzene ring substituents is 1. The van der Waals surface area contributed by atoms with Crippen LogP contribution in [0, 0.1) is 17.0 Å². The van der Waals surface area contributed by atoms with Gasteiger partial charge in [0.15, 0.2) is 11.4 Å². The number of amides is 1. The molecule has 1 N–H and O–H groups in total. The second-order valence-electron chi connectivity index (χ2n) is 5.72. The predicted octanol–water partition coefficient (Wildman–Crippen LogP) is 3.79. The van der Waals surface area contributed by atoms with E-state index in [9.17, 15) is 14.9 Å². The zero-order valence-electron chi connectivity index (χ0n) is 15.0. The van der Waals surface area contributed by atoms with Gasteiger partial charge in [0.05, 0.1) is 33.6 Å². The molecule has 1 aromatic heterocycles. The van der Waals surface area contributed by atoms with E-state index >= 15 is 0 Å². The van der Waals surface area contributed by atoms with Crippen LogP contribution in [0.15, 0.2) is 42.5 Å². The van der Waals surface area contributed by atoms with Gasteiger partial charge in [0.2, 0.25) is 0 Å². The molecular weight excluding hydrogens is 386 g/mol. The van der Waals surface area contributed by atoms with E-state index < -0.39 is 10.8 Å². The summed E-state index contributed by atoms with van der Waals surface area (Å²) >= 11 is 6.13. The topological polar surface area (TPSA) is 112 Å². The number of halogens is 1. The van der Waals surface area contributed by atoms with Crippen LogP contribution in [0.5, 0.6) is 5.75 Å². The van der Waals surface area contributed by atoms with Crippen LogP contribution in [0.1, 0.15) is 23.1 Å². The molecule has 10 heteroatoms. The number of para-hydroxylation sites is 1. The average molecular weight is 402 g/mol. The Hall–Kier alpha value is -3.46. The largest absolute Gasteiger partial charge is 0.490 e. The van der Waals surface area contributed by atoms with Gasteiger partial charge in [-0.05, 0) is 32.0 Å². The molecule has 0 aliphatic heterocycles. The maximum absolute atomic E-state index is 12.7. The van der Waals surface area contributed by atoms with Crippen LogP contribution in [0.4, 0.5) is 11.4 Å². The number of rotatable bonds is 6. The fraction of sp³-hybridized carbons (Fsp3) is 0.167. The highest BCUT2D eigenvalue weighted by Crippen LogP contribution is 2.33. The SMILES string of the molecule is CCOc1c(Cl)cccc1NC(=O)c1nnn(-c2cccc([N+](=O)[O-])c2)c1C. The maximum atomic E-state index is 12.7. The number of ether oxygens (including phenoxy) is 1. The molecule has 2 aromatic carbocycles. The number of nitro groups is 1. The van der Waals surface area contributed by atoms with Crippen molar-refractivity contribution in [1.82, 2.24) is 15.0 Å². The lowest BCUT2D eigenvalue weighted by Crippen LogP contribution is -2.15. The summed E-state index contributed by atoms with van der Waals surface area (Å²) in [7, 11) is 0. The second-order valence-corrected chi connectivity index (χ2v) is 6.12. The van der Waals surface area contributed by atoms with Crippen LogP contribution in [-0.2, 0) is 0 Å². The van der Waals surface area contributed by atoms with E-state index in [2.05, 4.69) is 15.6 Å². The van der Waals surface area contributed by atoms with E-state index in [-0.39, 0.29) is 11.4 Å². The lowest BCUT2D eigenvalue weighted by atomic mass is 10.2. The Morgan fingerprint density at radius 3 is 2.79 bits per heavy atom. The number of benzene rings is 2. The monoisotopic (exact) mass is 401 g/mol. The third-order valence-electron chi connectivity index (χ3n) is 3.90. The van der Waals surface area contributed by atoms with Crippen molar-refractivity contribution in [2.75, 3.05) is 11.9 Å². The third-order valence-corrected chi connectivity index (χ3v) is 4.20. The normalized spacial score (nSPS) is 10.5. The van der Waals surface area contributed by atoms with E-state index in [4.69, 9.17) is 16.3 Å². The van der Waals surface area contributed by atoms with Gasteiger partial charge in [-0.3, -0.25) is 14.9 Å². The molecular formula is C18H16ClN5O4. The van der Waals surface area contributed by atoms with Crippen LogP contribution >= 0.6 is 11.6 Å². The Kier molecular flexibility index (Phi) is 5.55. The third kappa shape index (κ3) is 3.79. The first-order valence-corrected chi connectivity index (χ1v) is 8.70. The van der Waals surface area contributed by atoms with Crippen molar-refractivity contribution in [2.45, 2.75) is 13.8 Å². The molecule has 0 saturated heterocycles.